The summed E-state index contributed by atoms with van der Waals surface area (Å²) in [7, 11) is 0. The van der Waals surface area contributed by atoms with Gasteiger partial charge in [0.2, 0.25) is 5.91 Å². The number of carbonyl (C=O) groups is 3. The van der Waals surface area contributed by atoms with Gasteiger partial charge in [-0.2, -0.15) is 0 Å². The summed E-state index contributed by atoms with van der Waals surface area (Å²) >= 11 is 0. The maximum atomic E-state index is 12.4. The molecule has 1 heterocycles. The number of carboxylic acids is 1. The van der Waals surface area contributed by atoms with Crippen molar-refractivity contribution in [3.05, 3.63) is 41.2 Å². The zero-order valence-corrected chi connectivity index (χ0v) is 16.4. The Labute approximate surface area is 163 Å². The van der Waals surface area contributed by atoms with Gasteiger partial charge in [0, 0.05) is 0 Å². The molecule has 28 heavy (non-hydrogen) atoms. The van der Waals surface area contributed by atoms with Crippen LogP contribution in [0.2, 0.25) is 0 Å². The number of hydrogen-bond donors (Lipinski definition) is 3. The van der Waals surface area contributed by atoms with E-state index in [1.807, 2.05) is 45.0 Å². The molecule has 0 aliphatic rings. The van der Waals surface area contributed by atoms with Crippen LogP contribution in [0.25, 0.3) is 5.69 Å². The third-order valence-corrected chi connectivity index (χ3v) is 4.11. The summed E-state index contributed by atoms with van der Waals surface area (Å²) in [5, 5.41) is 21.9. The van der Waals surface area contributed by atoms with Crippen LogP contribution in [0.5, 0.6) is 0 Å². The lowest BCUT2D eigenvalue weighted by Crippen LogP contribution is -2.46. The van der Waals surface area contributed by atoms with E-state index in [1.165, 1.54) is 0 Å². The van der Waals surface area contributed by atoms with Gasteiger partial charge in [0.1, 0.15) is 6.04 Å². The van der Waals surface area contributed by atoms with Crippen molar-refractivity contribution in [2.45, 2.75) is 40.2 Å². The molecule has 1 aromatic heterocycles. The second-order valence-corrected chi connectivity index (χ2v) is 7.04. The SMILES string of the molecule is Cc1cccc(-n2nnc(C(=O)NCC(=O)N[C@@H](CC(C)C)C(=O)O)c2C)c1. The number of rotatable bonds is 8. The summed E-state index contributed by atoms with van der Waals surface area (Å²) in [5.41, 5.74) is 2.46. The highest BCUT2D eigenvalue weighted by molar-refractivity contribution is 5.96. The molecule has 0 saturated carbocycles. The van der Waals surface area contributed by atoms with Gasteiger partial charge < -0.3 is 15.7 Å². The molecule has 0 aliphatic carbocycles. The quantitative estimate of drug-likeness (QED) is 0.625. The summed E-state index contributed by atoms with van der Waals surface area (Å²) in [6.45, 7) is 7.04. The first-order valence-corrected chi connectivity index (χ1v) is 8.98. The highest BCUT2D eigenvalue weighted by atomic mass is 16.4. The molecular weight excluding hydrogens is 362 g/mol. The van der Waals surface area contributed by atoms with E-state index in [0.29, 0.717) is 12.1 Å². The molecule has 0 aliphatic heterocycles. The van der Waals surface area contributed by atoms with Crippen LogP contribution in [0.15, 0.2) is 24.3 Å². The maximum Gasteiger partial charge on any atom is 0.326 e. The Kier molecular flexibility index (Phi) is 6.86. The number of nitrogens with zero attached hydrogens (tertiary/aromatic N) is 3. The van der Waals surface area contributed by atoms with Crippen LogP contribution in [0.4, 0.5) is 0 Å². The van der Waals surface area contributed by atoms with Gasteiger partial charge in [0.05, 0.1) is 17.9 Å². The fraction of sp³-hybridized carbons (Fsp3) is 0.421. The zero-order valence-electron chi connectivity index (χ0n) is 16.4. The number of nitrogens with one attached hydrogen (secondary N) is 2. The van der Waals surface area contributed by atoms with Crippen molar-refractivity contribution in [2.24, 2.45) is 5.92 Å². The number of amides is 2. The topological polar surface area (TPSA) is 126 Å². The molecule has 9 nitrogen and oxygen atoms in total. The second kappa shape index (κ2) is 9.12. The van der Waals surface area contributed by atoms with Crippen LogP contribution in [0.3, 0.4) is 0 Å². The number of carbonyl (C=O) groups excluding carboxylic acids is 2. The average molecular weight is 387 g/mol. The number of hydrogen-bond acceptors (Lipinski definition) is 5. The van der Waals surface area contributed by atoms with Gasteiger partial charge in [-0.1, -0.05) is 31.2 Å². The number of aliphatic carboxylic acids is 1. The molecule has 2 aromatic rings. The van der Waals surface area contributed by atoms with E-state index in [0.717, 1.165) is 11.3 Å². The molecule has 1 atom stereocenters. The molecule has 3 N–H and O–H groups in total. The van der Waals surface area contributed by atoms with E-state index >= 15 is 0 Å². The van der Waals surface area contributed by atoms with Crippen LogP contribution >= 0.6 is 0 Å². The number of benzene rings is 1. The lowest BCUT2D eigenvalue weighted by atomic mass is 10.0. The van der Waals surface area contributed by atoms with Crippen molar-refractivity contribution < 1.29 is 19.5 Å². The lowest BCUT2D eigenvalue weighted by Gasteiger charge is -2.16. The van der Waals surface area contributed by atoms with Crippen molar-refractivity contribution in [3.63, 3.8) is 0 Å². The monoisotopic (exact) mass is 387 g/mol. The van der Waals surface area contributed by atoms with Crippen LogP contribution in [0, 0.1) is 19.8 Å². The molecule has 0 fully saturated rings. The second-order valence-electron chi connectivity index (χ2n) is 7.04. The normalized spacial score (nSPS) is 11.9. The van der Waals surface area contributed by atoms with Crippen molar-refractivity contribution in [2.75, 3.05) is 6.54 Å². The average Bonchev–Trinajstić information content (AvgIpc) is 3.00. The molecular formula is C19H25N5O4. The first kappa shape index (κ1) is 21.1. The largest absolute Gasteiger partial charge is 0.480 e. The van der Waals surface area contributed by atoms with Crippen LogP contribution < -0.4 is 10.6 Å². The molecule has 2 amide bonds. The van der Waals surface area contributed by atoms with Crippen molar-refractivity contribution in [1.82, 2.24) is 25.6 Å². The number of aromatic nitrogens is 3. The minimum absolute atomic E-state index is 0.103. The van der Waals surface area contributed by atoms with Gasteiger partial charge in [0.15, 0.2) is 5.69 Å². The van der Waals surface area contributed by atoms with E-state index < -0.39 is 23.8 Å². The van der Waals surface area contributed by atoms with E-state index in [1.54, 1.807) is 11.6 Å². The standard InChI is InChI=1S/C19H25N5O4/c1-11(2)8-15(19(27)28)21-16(25)10-20-18(26)17-13(4)24(23-22-17)14-7-5-6-12(3)9-14/h5-7,9,11,15H,8,10H2,1-4H3,(H,20,26)(H,21,25)(H,27,28)/t15-/m0/s1. The summed E-state index contributed by atoms with van der Waals surface area (Å²) in [6, 6.07) is 6.60. The fourth-order valence-corrected chi connectivity index (χ4v) is 2.73. The predicted octanol–water partition coefficient (Wildman–Crippen LogP) is 1.23. The van der Waals surface area contributed by atoms with E-state index in [2.05, 4.69) is 20.9 Å². The highest BCUT2D eigenvalue weighted by Gasteiger charge is 2.22. The number of carboxylic acid groups (broad SMARTS) is 1. The van der Waals surface area contributed by atoms with Crippen molar-refractivity contribution in [1.29, 1.82) is 0 Å². The first-order valence-electron chi connectivity index (χ1n) is 8.98. The Morgan fingerprint density at radius 1 is 1.21 bits per heavy atom. The Bertz CT molecular complexity index is 875. The molecule has 0 bridgehead atoms. The predicted molar refractivity (Wildman–Crippen MR) is 102 cm³/mol. The summed E-state index contributed by atoms with van der Waals surface area (Å²) in [5.74, 6) is -2.13. The highest BCUT2D eigenvalue weighted by Crippen LogP contribution is 2.13. The molecule has 0 unspecified atom stereocenters. The molecule has 0 spiro atoms. The Balaban J connectivity index is 2.00. The van der Waals surface area contributed by atoms with E-state index in [4.69, 9.17) is 0 Å². The molecule has 0 radical (unpaired) electrons. The minimum Gasteiger partial charge on any atom is -0.480 e. The maximum absolute atomic E-state index is 12.4. The van der Waals surface area contributed by atoms with Crippen LogP contribution in [-0.2, 0) is 9.59 Å². The number of aryl methyl sites for hydroxylation is 1. The minimum atomic E-state index is -1.11. The molecule has 1 aromatic carbocycles. The third-order valence-electron chi connectivity index (χ3n) is 4.11. The van der Waals surface area contributed by atoms with Crippen molar-refractivity contribution in [3.8, 4) is 5.69 Å². The van der Waals surface area contributed by atoms with Gasteiger partial charge in [-0.15, -0.1) is 5.10 Å². The third kappa shape index (κ3) is 5.38. The van der Waals surface area contributed by atoms with Crippen LogP contribution in [0.1, 0.15) is 42.0 Å². The molecule has 2 rings (SSSR count). The molecule has 0 saturated heterocycles. The van der Waals surface area contributed by atoms with Gasteiger partial charge in [0.25, 0.3) is 5.91 Å². The smallest absolute Gasteiger partial charge is 0.326 e. The van der Waals surface area contributed by atoms with Gasteiger partial charge >= 0.3 is 5.97 Å². The Morgan fingerprint density at radius 3 is 2.54 bits per heavy atom. The van der Waals surface area contributed by atoms with Crippen molar-refractivity contribution >= 4 is 17.8 Å². The fourth-order valence-electron chi connectivity index (χ4n) is 2.73. The molecule has 150 valence electrons. The van der Waals surface area contributed by atoms with Gasteiger partial charge in [-0.05, 0) is 43.9 Å². The molecule has 9 heteroatoms. The van der Waals surface area contributed by atoms with E-state index in [9.17, 15) is 19.5 Å². The summed E-state index contributed by atoms with van der Waals surface area (Å²) in [6.07, 6.45) is 0.305. The van der Waals surface area contributed by atoms with E-state index in [-0.39, 0.29) is 18.2 Å². The first-order chi connectivity index (χ1) is 13.2. The Morgan fingerprint density at radius 2 is 1.93 bits per heavy atom. The summed E-state index contributed by atoms with van der Waals surface area (Å²) in [4.78, 5) is 35.6. The van der Waals surface area contributed by atoms with Crippen LogP contribution in [-0.4, -0.2) is 50.5 Å². The van der Waals surface area contributed by atoms with Gasteiger partial charge in [-0.25, -0.2) is 9.48 Å². The summed E-state index contributed by atoms with van der Waals surface area (Å²) < 4.78 is 1.55. The van der Waals surface area contributed by atoms with Gasteiger partial charge in [-0.3, -0.25) is 9.59 Å². The zero-order chi connectivity index (χ0) is 20.8. The lowest BCUT2D eigenvalue weighted by molar-refractivity contribution is -0.142. The Hall–Kier alpha value is -3.23.